The lowest BCUT2D eigenvalue weighted by Gasteiger charge is -2.26. The van der Waals surface area contributed by atoms with Crippen molar-refractivity contribution in [2.24, 2.45) is 5.73 Å². The van der Waals surface area contributed by atoms with Gasteiger partial charge in [-0.05, 0) is 37.6 Å². The second kappa shape index (κ2) is 6.55. The maximum absolute atomic E-state index is 14.8. The molecule has 0 amide bonds. The van der Waals surface area contributed by atoms with E-state index in [1.807, 2.05) is 0 Å². The zero-order chi connectivity index (χ0) is 12.9. The fourth-order valence-corrected chi connectivity index (χ4v) is 2.20. The van der Waals surface area contributed by atoms with Crippen molar-refractivity contribution in [3.8, 4) is 0 Å². The van der Waals surface area contributed by atoms with Crippen LogP contribution in [0.3, 0.4) is 0 Å². The van der Waals surface area contributed by atoms with Gasteiger partial charge in [-0.3, -0.25) is 0 Å². The van der Waals surface area contributed by atoms with Crippen molar-refractivity contribution in [1.82, 2.24) is 0 Å². The molecule has 0 saturated carbocycles. The molecular formula is C12H16Cl2FNO. The molecule has 2 N–H and O–H groups in total. The van der Waals surface area contributed by atoms with Crippen LogP contribution in [0.2, 0.25) is 10.0 Å². The molecule has 5 heteroatoms. The molecule has 1 unspecified atom stereocenters. The molecule has 0 heterocycles. The van der Waals surface area contributed by atoms with E-state index in [4.69, 9.17) is 33.7 Å². The summed E-state index contributed by atoms with van der Waals surface area (Å²) in [5, 5.41) is 0.807. The van der Waals surface area contributed by atoms with Crippen molar-refractivity contribution in [1.29, 1.82) is 0 Å². The highest BCUT2D eigenvalue weighted by atomic mass is 35.5. The number of benzene rings is 1. The van der Waals surface area contributed by atoms with Crippen LogP contribution in [0, 0.1) is 0 Å². The smallest absolute Gasteiger partial charge is 0.160 e. The van der Waals surface area contributed by atoms with Gasteiger partial charge < -0.3 is 10.5 Å². The van der Waals surface area contributed by atoms with Gasteiger partial charge in [-0.1, -0.05) is 23.2 Å². The highest BCUT2D eigenvalue weighted by molar-refractivity contribution is 6.33. The van der Waals surface area contributed by atoms with Crippen LogP contribution in [0.25, 0.3) is 0 Å². The van der Waals surface area contributed by atoms with E-state index in [0.717, 1.165) is 0 Å². The summed E-state index contributed by atoms with van der Waals surface area (Å²) in [6.07, 6.45) is 0.820. The molecule has 0 bridgehead atoms. The lowest BCUT2D eigenvalue weighted by Crippen LogP contribution is -2.27. The zero-order valence-corrected chi connectivity index (χ0v) is 11.2. The molecule has 1 aromatic rings. The van der Waals surface area contributed by atoms with Crippen molar-refractivity contribution < 1.29 is 9.13 Å². The molecule has 17 heavy (non-hydrogen) atoms. The van der Waals surface area contributed by atoms with Gasteiger partial charge in [0, 0.05) is 22.7 Å². The van der Waals surface area contributed by atoms with E-state index in [1.54, 1.807) is 18.2 Å². The maximum Gasteiger partial charge on any atom is 0.160 e. The van der Waals surface area contributed by atoms with Gasteiger partial charge in [-0.25, -0.2) is 4.39 Å². The number of alkyl halides is 1. The molecule has 0 aliphatic rings. The highest BCUT2D eigenvalue weighted by Crippen LogP contribution is 2.37. The number of ether oxygens (including phenoxy) is 1. The summed E-state index contributed by atoms with van der Waals surface area (Å²) in [5.41, 5.74) is 4.13. The Morgan fingerprint density at radius 3 is 2.71 bits per heavy atom. The van der Waals surface area contributed by atoms with Gasteiger partial charge in [0.05, 0.1) is 6.61 Å². The maximum atomic E-state index is 14.8. The average Bonchev–Trinajstić information content (AvgIpc) is 2.30. The predicted octanol–water partition coefficient (Wildman–Crippen LogP) is 3.54. The molecule has 1 rings (SSSR count). The molecule has 96 valence electrons. The Balaban J connectivity index is 3.07. The molecule has 1 atom stereocenters. The Morgan fingerprint density at radius 2 is 2.12 bits per heavy atom. The molecule has 0 aliphatic heterocycles. The van der Waals surface area contributed by atoms with Crippen LogP contribution in [0.1, 0.15) is 18.4 Å². The first-order chi connectivity index (χ1) is 8.03. The van der Waals surface area contributed by atoms with Crippen molar-refractivity contribution in [2.75, 3.05) is 20.3 Å². The fourth-order valence-electron chi connectivity index (χ4n) is 1.74. The molecule has 0 aliphatic carbocycles. The number of halogens is 3. The minimum absolute atomic E-state index is 0.0624. The Hall–Kier alpha value is -0.350. The number of rotatable bonds is 6. The molecule has 0 aromatic heterocycles. The Bertz CT molecular complexity index is 376. The first-order valence-electron chi connectivity index (χ1n) is 5.37. The van der Waals surface area contributed by atoms with Crippen LogP contribution in [0.15, 0.2) is 18.2 Å². The van der Waals surface area contributed by atoms with Crippen molar-refractivity contribution in [2.45, 2.75) is 18.5 Å². The van der Waals surface area contributed by atoms with Crippen LogP contribution in [-0.2, 0) is 10.4 Å². The van der Waals surface area contributed by atoms with Gasteiger partial charge in [0.1, 0.15) is 0 Å². The third-order valence-corrected chi connectivity index (χ3v) is 3.13. The van der Waals surface area contributed by atoms with E-state index in [2.05, 4.69) is 0 Å². The summed E-state index contributed by atoms with van der Waals surface area (Å²) in [5.74, 6) is 0. The highest BCUT2D eigenvalue weighted by Gasteiger charge is 2.33. The molecule has 0 fully saturated rings. The zero-order valence-electron chi connectivity index (χ0n) is 9.68. The van der Waals surface area contributed by atoms with Gasteiger partial charge in [-0.15, -0.1) is 0 Å². The van der Waals surface area contributed by atoms with Crippen LogP contribution in [0.5, 0.6) is 0 Å². The van der Waals surface area contributed by atoms with E-state index in [9.17, 15) is 4.39 Å². The standard InChI is InChI=1S/C12H16Cl2FNO/c1-17-8-12(15,5-2-6-16)10-7-9(13)3-4-11(10)14/h3-4,7H,2,5-6,8,16H2,1H3. The molecule has 0 radical (unpaired) electrons. The quantitative estimate of drug-likeness (QED) is 0.865. The minimum Gasteiger partial charge on any atom is -0.381 e. The number of hydrogen-bond donors (Lipinski definition) is 1. The Labute approximate surface area is 111 Å². The van der Waals surface area contributed by atoms with Crippen molar-refractivity contribution in [3.05, 3.63) is 33.8 Å². The summed E-state index contributed by atoms with van der Waals surface area (Å²) >= 11 is 11.9. The van der Waals surface area contributed by atoms with E-state index >= 15 is 0 Å². The van der Waals surface area contributed by atoms with Gasteiger partial charge in [0.15, 0.2) is 5.67 Å². The molecular weight excluding hydrogens is 264 g/mol. The monoisotopic (exact) mass is 279 g/mol. The fraction of sp³-hybridized carbons (Fsp3) is 0.500. The summed E-state index contributed by atoms with van der Waals surface area (Å²) in [6, 6.07) is 4.76. The lowest BCUT2D eigenvalue weighted by molar-refractivity contribution is 0.0304. The van der Waals surface area contributed by atoms with Gasteiger partial charge in [0.25, 0.3) is 0 Å². The first-order valence-corrected chi connectivity index (χ1v) is 6.12. The third-order valence-electron chi connectivity index (χ3n) is 2.56. The first kappa shape index (κ1) is 14.7. The topological polar surface area (TPSA) is 35.2 Å². The van der Waals surface area contributed by atoms with Crippen LogP contribution in [0.4, 0.5) is 4.39 Å². The van der Waals surface area contributed by atoms with E-state index in [1.165, 1.54) is 7.11 Å². The van der Waals surface area contributed by atoms with Crippen LogP contribution in [-0.4, -0.2) is 20.3 Å². The van der Waals surface area contributed by atoms with Crippen LogP contribution < -0.4 is 5.73 Å². The average molecular weight is 280 g/mol. The molecule has 2 nitrogen and oxygen atoms in total. The number of hydrogen-bond acceptors (Lipinski definition) is 2. The summed E-state index contributed by atoms with van der Waals surface area (Å²) in [7, 11) is 1.45. The number of nitrogens with two attached hydrogens (primary N) is 1. The summed E-state index contributed by atoms with van der Waals surface area (Å²) in [4.78, 5) is 0. The second-order valence-corrected chi connectivity index (χ2v) is 4.76. The van der Waals surface area contributed by atoms with Gasteiger partial charge >= 0.3 is 0 Å². The Kier molecular flexibility index (Phi) is 5.67. The van der Waals surface area contributed by atoms with Crippen molar-refractivity contribution >= 4 is 23.2 Å². The predicted molar refractivity (Wildman–Crippen MR) is 69.4 cm³/mol. The summed E-state index contributed by atoms with van der Waals surface area (Å²) < 4.78 is 19.8. The SMILES string of the molecule is COCC(F)(CCCN)c1cc(Cl)ccc1Cl. The van der Waals surface area contributed by atoms with Gasteiger partial charge in [0.2, 0.25) is 0 Å². The van der Waals surface area contributed by atoms with Gasteiger partial charge in [-0.2, -0.15) is 0 Å². The second-order valence-electron chi connectivity index (χ2n) is 3.91. The minimum atomic E-state index is -1.64. The lowest BCUT2D eigenvalue weighted by atomic mass is 9.91. The van der Waals surface area contributed by atoms with E-state index < -0.39 is 5.67 Å². The number of methoxy groups -OCH3 is 1. The van der Waals surface area contributed by atoms with Crippen molar-refractivity contribution in [3.63, 3.8) is 0 Å². The third kappa shape index (κ3) is 3.81. The molecule has 0 spiro atoms. The molecule has 1 aromatic carbocycles. The van der Waals surface area contributed by atoms with E-state index in [0.29, 0.717) is 28.6 Å². The Morgan fingerprint density at radius 1 is 1.41 bits per heavy atom. The molecule has 0 saturated heterocycles. The normalized spacial score (nSPS) is 14.6. The van der Waals surface area contributed by atoms with Crippen LogP contribution >= 0.6 is 23.2 Å². The summed E-state index contributed by atoms with van der Waals surface area (Å²) in [6.45, 7) is 0.362. The largest absolute Gasteiger partial charge is 0.381 e. The van der Waals surface area contributed by atoms with E-state index in [-0.39, 0.29) is 13.0 Å².